The maximum absolute atomic E-state index is 3.65. The van der Waals surface area contributed by atoms with Crippen LogP contribution in [0.2, 0.25) is 0 Å². The van der Waals surface area contributed by atoms with Crippen LogP contribution in [-0.2, 0) is 0 Å². The van der Waals surface area contributed by atoms with Crippen LogP contribution in [0.4, 0.5) is 0 Å². The minimum absolute atomic E-state index is 0.673. The Labute approximate surface area is 84.3 Å². The highest BCUT2D eigenvalue weighted by Crippen LogP contribution is 2.06. The Morgan fingerprint density at radius 3 is 2.08 bits per heavy atom. The third-order valence-electron chi connectivity index (χ3n) is 2.38. The quantitative estimate of drug-likeness (QED) is 0.639. The minimum Gasteiger partial charge on any atom is -0.312 e. The monoisotopic (exact) mass is 185 g/mol. The van der Waals surface area contributed by atoms with E-state index in [0.29, 0.717) is 12.1 Å². The van der Waals surface area contributed by atoms with Gasteiger partial charge in [-0.15, -0.1) is 0 Å². The van der Waals surface area contributed by atoms with Gasteiger partial charge < -0.3 is 5.32 Å². The van der Waals surface area contributed by atoms with Crippen molar-refractivity contribution in [2.75, 3.05) is 0 Å². The second-order valence-electron chi connectivity index (χ2n) is 4.74. The molecule has 0 fully saturated rings. The van der Waals surface area contributed by atoms with Crippen LogP contribution in [0.1, 0.15) is 60.3 Å². The molecule has 2 atom stereocenters. The van der Waals surface area contributed by atoms with Crippen molar-refractivity contribution < 1.29 is 0 Å². The normalized spacial score (nSPS) is 16.2. The molecule has 1 nitrogen and oxygen atoms in total. The van der Waals surface area contributed by atoms with Gasteiger partial charge in [-0.2, -0.15) is 0 Å². The zero-order chi connectivity index (χ0) is 10.3. The summed E-state index contributed by atoms with van der Waals surface area (Å²) in [5, 5.41) is 3.65. The van der Waals surface area contributed by atoms with Gasteiger partial charge >= 0.3 is 0 Å². The predicted molar refractivity (Wildman–Crippen MR) is 61.0 cm³/mol. The van der Waals surface area contributed by atoms with Gasteiger partial charge in [0.25, 0.3) is 0 Å². The number of rotatable bonds is 7. The lowest BCUT2D eigenvalue weighted by molar-refractivity contribution is 0.385. The maximum atomic E-state index is 3.65. The van der Waals surface area contributed by atoms with Crippen LogP contribution in [-0.4, -0.2) is 12.1 Å². The van der Waals surface area contributed by atoms with E-state index in [-0.39, 0.29) is 0 Å². The molecule has 0 aliphatic heterocycles. The van der Waals surface area contributed by atoms with Crippen LogP contribution in [0.3, 0.4) is 0 Å². The Hall–Kier alpha value is -0.0400. The van der Waals surface area contributed by atoms with E-state index in [1.165, 1.54) is 25.7 Å². The topological polar surface area (TPSA) is 12.0 Å². The highest BCUT2D eigenvalue weighted by Gasteiger charge is 2.07. The van der Waals surface area contributed by atoms with Crippen molar-refractivity contribution in [2.45, 2.75) is 72.4 Å². The van der Waals surface area contributed by atoms with E-state index in [4.69, 9.17) is 0 Å². The predicted octanol–water partition coefficient (Wildman–Crippen LogP) is 3.59. The van der Waals surface area contributed by atoms with E-state index < -0.39 is 0 Å². The minimum atomic E-state index is 0.673. The van der Waals surface area contributed by atoms with Gasteiger partial charge in [-0.05, 0) is 32.6 Å². The second-order valence-corrected chi connectivity index (χ2v) is 4.74. The van der Waals surface area contributed by atoms with Crippen LogP contribution in [0.15, 0.2) is 0 Å². The highest BCUT2D eigenvalue weighted by molar-refractivity contribution is 4.68. The maximum Gasteiger partial charge on any atom is 0.00436 e. The van der Waals surface area contributed by atoms with Gasteiger partial charge in [0.05, 0.1) is 0 Å². The third kappa shape index (κ3) is 8.29. The first kappa shape index (κ1) is 13.0. The third-order valence-corrected chi connectivity index (χ3v) is 2.38. The van der Waals surface area contributed by atoms with E-state index in [1.807, 2.05) is 0 Å². The molecule has 0 aliphatic carbocycles. The molecule has 0 saturated carbocycles. The van der Waals surface area contributed by atoms with Crippen molar-refractivity contribution in [3.8, 4) is 0 Å². The Balaban J connectivity index is 3.46. The second kappa shape index (κ2) is 7.37. The molecule has 0 saturated heterocycles. The Morgan fingerprint density at radius 2 is 1.62 bits per heavy atom. The van der Waals surface area contributed by atoms with Crippen molar-refractivity contribution in [1.29, 1.82) is 0 Å². The van der Waals surface area contributed by atoms with E-state index in [2.05, 4.69) is 39.9 Å². The van der Waals surface area contributed by atoms with Crippen molar-refractivity contribution in [3.05, 3.63) is 0 Å². The highest BCUT2D eigenvalue weighted by atomic mass is 14.9. The lowest BCUT2D eigenvalue weighted by Crippen LogP contribution is -2.35. The van der Waals surface area contributed by atoms with Crippen LogP contribution in [0.5, 0.6) is 0 Å². The summed E-state index contributed by atoms with van der Waals surface area (Å²) < 4.78 is 0. The number of nitrogens with one attached hydrogen (secondary N) is 1. The molecule has 0 amide bonds. The molecular formula is C12H27N. The Morgan fingerprint density at radius 1 is 1.00 bits per heavy atom. The molecular weight excluding hydrogens is 158 g/mol. The summed E-state index contributed by atoms with van der Waals surface area (Å²) in [5.41, 5.74) is 0. The van der Waals surface area contributed by atoms with Gasteiger partial charge in [-0.1, -0.05) is 33.6 Å². The average Bonchev–Trinajstić information content (AvgIpc) is 1.98. The van der Waals surface area contributed by atoms with E-state index in [9.17, 15) is 0 Å². The number of hydrogen-bond acceptors (Lipinski definition) is 1. The molecule has 1 heteroatoms. The first-order valence-corrected chi connectivity index (χ1v) is 5.82. The Kier molecular flexibility index (Phi) is 7.35. The van der Waals surface area contributed by atoms with Crippen LogP contribution < -0.4 is 5.32 Å². The van der Waals surface area contributed by atoms with Crippen molar-refractivity contribution in [2.24, 2.45) is 5.92 Å². The fourth-order valence-corrected chi connectivity index (χ4v) is 1.85. The molecule has 0 aliphatic rings. The summed E-state index contributed by atoms with van der Waals surface area (Å²) in [6.45, 7) is 11.4. The average molecular weight is 185 g/mol. The van der Waals surface area contributed by atoms with Crippen LogP contribution in [0.25, 0.3) is 0 Å². The van der Waals surface area contributed by atoms with E-state index in [0.717, 1.165) is 5.92 Å². The van der Waals surface area contributed by atoms with Gasteiger partial charge in [0, 0.05) is 12.1 Å². The molecule has 0 radical (unpaired) electrons. The van der Waals surface area contributed by atoms with Gasteiger partial charge in [0.15, 0.2) is 0 Å². The summed E-state index contributed by atoms with van der Waals surface area (Å²) in [6.07, 6.45) is 5.27. The number of hydrogen-bond donors (Lipinski definition) is 1. The molecule has 0 aromatic heterocycles. The summed E-state index contributed by atoms with van der Waals surface area (Å²) in [5.74, 6) is 0.806. The fraction of sp³-hybridized carbons (Fsp3) is 1.00. The van der Waals surface area contributed by atoms with Crippen molar-refractivity contribution in [1.82, 2.24) is 5.32 Å². The molecule has 0 bridgehead atoms. The van der Waals surface area contributed by atoms with Crippen LogP contribution >= 0.6 is 0 Å². The molecule has 13 heavy (non-hydrogen) atoms. The van der Waals surface area contributed by atoms with E-state index in [1.54, 1.807) is 0 Å². The molecule has 0 aromatic rings. The summed E-state index contributed by atoms with van der Waals surface area (Å²) >= 11 is 0. The molecule has 1 N–H and O–H groups in total. The molecule has 0 aromatic carbocycles. The summed E-state index contributed by atoms with van der Waals surface area (Å²) in [7, 11) is 0. The molecule has 2 unspecified atom stereocenters. The SMILES string of the molecule is CCCCC(C)NC(C)CC(C)C. The lowest BCUT2D eigenvalue weighted by atomic mass is 10.0. The standard InChI is InChI=1S/C12H27N/c1-6-7-8-11(4)13-12(5)9-10(2)3/h10-13H,6-9H2,1-5H3. The molecule has 0 heterocycles. The lowest BCUT2D eigenvalue weighted by Gasteiger charge is -2.21. The first-order valence-electron chi connectivity index (χ1n) is 5.82. The van der Waals surface area contributed by atoms with Crippen LogP contribution in [0, 0.1) is 5.92 Å². The van der Waals surface area contributed by atoms with Gasteiger partial charge in [0.1, 0.15) is 0 Å². The fourth-order valence-electron chi connectivity index (χ4n) is 1.85. The van der Waals surface area contributed by atoms with Crippen molar-refractivity contribution in [3.63, 3.8) is 0 Å². The van der Waals surface area contributed by atoms with Crippen molar-refractivity contribution >= 4 is 0 Å². The van der Waals surface area contributed by atoms with Gasteiger partial charge in [0.2, 0.25) is 0 Å². The molecule has 0 rings (SSSR count). The zero-order valence-electron chi connectivity index (χ0n) is 10.1. The number of unbranched alkanes of at least 4 members (excludes halogenated alkanes) is 1. The summed E-state index contributed by atoms with van der Waals surface area (Å²) in [6, 6.07) is 1.36. The summed E-state index contributed by atoms with van der Waals surface area (Å²) in [4.78, 5) is 0. The zero-order valence-corrected chi connectivity index (χ0v) is 10.1. The Bertz CT molecular complexity index is 110. The van der Waals surface area contributed by atoms with Gasteiger partial charge in [-0.25, -0.2) is 0 Å². The van der Waals surface area contributed by atoms with Gasteiger partial charge in [-0.3, -0.25) is 0 Å². The molecule has 80 valence electrons. The molecule has 0 spiro atoms. The van der Waals surface area contributed by atoms with E-state index >= 15 is 0 Å². The largest absolute Gasteiger partial charge is 0.312 e. The smallest absolute Gasteiger partial charge is 0.00436 e. The first-order chi connectivity index (χ1) is 6.06.